The molecule has 2 aromatic heterocycles. The van der Waals surface area contributed by atoms with Crippen molar-refractivity contribution >= 4 is 45.1 Å². The molecule has 0 aliphatic carbocycles. The van der Waals surface area contributed by atoms with Crippen LogP contribution in [0.3, 0.4) is 0 Å². The van der Waals surface area contributed by atoms with E-state index in [4.69, 9.17) is 4.98 Å². The Morgan fingerprint density at radius 3 is 2.95 bits per heavy atom. The molecule has 6 heteroatoms. The molecule has 0 amide bonds. The molecule has 4 nitrogen and oxygen atoms in total. The molecule has 1 saturated heterocycles. The molecule has 1 unspecified atom stereocenters. The summed E-state index contributed by atoms with van der Waals surface area (Å²) < 4.78 is 0. The standard InChI is InChI=1S/C14H20N4S2/c1-4-10-7-11-12(18(3)9-5-6-19-8-9)16-14(15-2)17-13(11)20-10/h7,9H,4-6,8H2,1-3H3,(H,15,16,17). The van der Waals surface area contributed by atoms with E-state index in [9.17, 15) is 0 Å². The molecule has 0 saturated carbocycles. The molecule has 1 aliphatic heterocycles. The Morgan fingerprint density at radius 2 is 2.30 bits per heavy atom. The molecule has 1 fully saturated rings. The highest BCUT2D eigenvalue weighted by Gasteiger charge is 2.24. The summed E-state index contributed by atoms with van der Waals surface area (Å²) in [7, 11) is 4.05. The van der Waals surface area contributed by atoms with Crippen LogP contribution in [-0.2, 0) is 6.42 Å². The predicted molar refractivity (Wildman–Crippen MR) is 90.5 cm³/mol. The van der Waals surface area contributed by atoms with Gasteiger partial charge >= 0.3 is 0 Å². The molecule has 0 aromatic carbocycles. The van der Waals surface area contributed by atoms with E-state index in [0.29, 0.717) is 6.04 Å². The van der Waals surface area contributed by atoms with Crippen LogP contribution in [0.1, 0.15) is 18.2 Å². The highest BCUT2D eigenvalue weighted by atomic mass is 32.2. The number of anilines is 2. The van der Waals surface area contributed by atoms with Gasteiger partial charge in [-0.3, -0.25) is 0 Å². The monoisotopic (exact) mass is 308 g/mol. The van der Waals surface area contributed by atoms with Crippen molar-refractivity contribution in [2.75, 3.05) is 35.8 Å². The maximum absolute atomic E-state index is 4.71. The van der Waals surface area contributed by atoms with Crippen molar-refractivity contribution in [3.8, 4) is 0 Å². The van der Waals surface area contributed by atoms with Gasteiger partial charge in [-0.2, -0.15) is 16.7 Å². The Hall–Kier alpha value is -1.01. The van der Waals surface area contributed by atoms with Crippen molar-refractivity contribution in [2.45, 2.75) is 25.8 Å². The second-order valence-corrected chi connectivity index (χ2v) is 7.30. The third-order valence-corrected chi connectivity index (χ3v) is 6.10. The van der Waals surface area contributed by atoms with E-state index in [-0.39, 0.29) is 0 Å². The van der Waals surface area contributed by atoms with E-state index < -0.39 is 0 Å². The van der Waals surface area contributed by atoms with Gasteiger partial charge in [-0.1, -0.05) is 6.92 Å². The van der Waals surface area contributed by atoms with Crippen LogP contribution < -0.4 is 10.2 Å². The summed E-state index contributed by atoms with van der Waals surface area (Å²) in [4.78, 5) is 14.1. The van der Waals surface area contributed by atoms with Crippen LogP contribution in [0.15, 0.2) is 6.07 Å². The van der Waals surface area contributed by atoms with Crippen molar-refractivity contribution in [1.29, 1.82) is 0 Å². The molecule has 108 valence electrons. The minimum absolute atomic E-state index is 0.591. The molecule has 0 radical (unpaired) electrons. The van der Waals surface area contributed by atoms with Crippen LogP contribution in [0.5, 0.6) is 0 Å². The number of thioether (sulfide) groups is 1. The fourth-order valence-corrected chi connectivity index (χ4v) is 4.74. The van der Waals surface area contributed by atoms with Crippen LogP contribution in [0.25, 0.3) is 10.2 Å². The lowest BCUT2D eigenvalue weighted by Gasteiger charge is -2.25. The first-order valence-electron chi connectivity index (χ1n) is 7.01. The van der Waals surface area contributed by atoms with E-state index in [1.54, 1.807) is 11.3 Å². The van der Waals surface area contributed by atoms with Crippen LogP contribution in [0.2, 0.25) is 0 Å². The highest BCUT2D eigenvalue weighted by molar-refractivity contribution is 7.99. The predicted octanol–water partition coefficient (Wildman–Crippen LogP) is 3.24. The quantitative estimate of drug-likeness (QED) is 0.939. The van der Waals surface area contributed by atoms with Crippen molar-refractivity contribution < 1.29 is 0 Å². The van der Waals surface area contributed by atoms with Gasteiger partial charge in [0.25, 0.3) is 0 Å². The number of aromatic nitrogens is 2. The number of nitrogens with one attached hydrogen (secondary N) is 1. The average Bonchev–Trinajstić information content (AvgIpc) is 3.13. The van der Waals surface area contributed by atoms with Gasteiger partial charge in [0, 0.05) is 30.8 Å². The lowest BCUT2D eigenvalue weighted by Crippen LogP contribution is -2.32. The molecular formula is C14H20N4S2. The summed E-state index contributed by atoms with van der Waals surface area (Å²) in [6.07, 6.45) is 2.30. The molecule has 2 aromatic rings. The van der Waals surface area contributed by atoms with Gasteiger partial charge in [-0.15, -0.1) is 11.3 Å². The number of thiophene rings is 1. The molecule has 0 spiro atoms. The van der Waals surface area contributed by atoms with Crippen LogP contribution >= 0.6 is 23.1 Å². The Labute approximate surface area is 128 Å². The smallest absolute Gasteiger partial charge is 0.225 e. The zero-order valence-corrected chi connectivity index (χ0v) is 13.8. The van der Waals surface area contributed by atoms with Gasteiger partial charge in [0.2, 0.25) is 5.95 Å². The molecule has 1 aliphatic rings. The lowest BCUT2D eigenvalue weighted by atomic mass is 10.2. The van der Waals surface area contributed by atoms with Crippen molar-refractivity contribution in [1.82, 2.24) is 9.97 Å². The fourth-order valence-electron chi connectivity index (χ4n) is 2.51. The van der Waals surface area contributed by atoms with E-state index in [1.165, 1.54) is 28.2 Å². The molecule has 3 heterocycles. The maximum Gasteiger partial charge on any atom is 0.225 e. The van der Waals surface area contributed by atoms with Gasteiger partial charge in [0.1, 0.15) is 10.6 Å². The van der Waals surface area contributed by atoms with Gasteiger partial charge in [-0.05, 0) is 24.7 Å². The molecule has 0 bridgehead atoms. The molecule has 1 N–H and O–H groups in total. The summed E-state index contributed by atoms with van der Waals surface area (Å²) in [6, 6.07) is 2.85. The minimum Gasteiger partial charge on any atom is -0.357 e. The first-order chi connectivity index (χ1) is 9.72. The number of aryl methyl sites for hydroxylation is 1. The SMILES string of the molecule is CCc1cc2c(N(C)C3CCSC3)nc(NC)nc2s1. The summed E-state index contributed by atoms with van der Waals surface area (Å²) in [5.74, 6) is 4.24. The van der Waals surface area contributed by atoms with Crippen molar-refractivity contribution in [2.24, 2.45) is 0 Å². The molecule has 3 rings (SSSR count). The van der Waals surface area contributed by atoms with Gasteiger partial charge in [0.05, 0.1) is 5.39 Å². The Balaban J connectivity index is 2.08. The van der Waals surface area contributed by atoms with E-state index in [1.807, 2.05) is 18.8 Å². The van der Waals surface area contributed by atoms with E-state index >= 15 is 0 Å². The summed E-state index contributed by atoms with van der Waals surface area (Å²) in [6.45, 7) is 2.19. The summed E-state index contributed by atoms with van der Waals surface area (Å²) >= 11 is 3.81. The Morgan fingerprint density at radius 1 is 1.45 bits per heavy atom. The van der Waals surface area contributed by atoms with Crippen molar-refractivity contribution in [3.63, 3.8) is 0 Å². The largest absolute Gasteiger partial charge is 0.357 e. The van der Waals surface area contributed by atoms with E-state index in [2.05, 4.69) is 35.2 Å². The van der Waals surface area contributed by atoms with Gasteiger partial charge in [0.15, 0.2) is 0 Å². The van der Waals surface area contributed by atoms with Gasteiger partial charge < -0.3 is 10.2 Å². The fraction of sp³-hybridized carbons (Fsp3) is 0.571. The third-order valence-electron chi connectivity index (χ3n) is 3.78. The van der Waals surface area contributed by atoms with Crippen LogP contribution in [-0.4, -0.2) is 41.6 Å². The summed E-state index contributed by atoms with van der Waals surface area (Å²) in [5.41, 5.74) is 0. The number of nitrogens with zero attached hydrogens (tertiary/aromatic N) is 3. The van der Waals surface area contributed by atoms with Crippen LogP contribution in [0.4, 0.5) is 11.8 Å². The average molecular weight is 308 g/mol. The Kier molecular flexibility index (Phi) is 4.03. The first kappa shape index (κ1) is 13.9. The zero-order valence-electron chi connectivity index (χ0n) is 12.1. The van der Waals surface area contributed by atoms with Crippen molar-refractivity contribution in [3.05, 3.63) is 10.9 Å². The normalized spacial score (nSPS) is 18.6. The minimum atomic E-state index is 0.591. The van der Waals surface area contributed by atoms with E-state index in [0.717, 1.165) is 23.0 Å². The topological polar surface area (TPSA) is 41.1 Å². The molecular weight excluding hydrogens is 288 g/mol. The Bertz CT molecular complexity index is 604. The second-order valence-electron chi connectivity index (χ2n) is 5.03. The number of hydrogen-bond acceptors (Lipinski definition) is 6. The second kappa shape index (κ2) is 5.77. The number of rotatable bonds is 4. The molecule has 20 heavy (non-hydrogen) atoms. The lowest BCUT2D eigenvalue weighted by molar-refractivity contribution is 0.694. The third kappa shape index (κ3) is 2.46. The highest BCUT2D eigenvalue weighted by Crippen LogP contribution is 2.34. The number of fused-ring (bicyclic) bond motifs is 1. The van der Waals surface area contributed by atoms with Crippen LogP contribution in [0, 0.1) is 0 Å². The van der Waals surface area contributed by atoms with Gasteiger partial charge in [-0.25, -0.2) is 4.98 Å². The zero-order chi connectivity index (χ0) is 14.1. The number of hydrogen-bond donors (Lipinski definition) is 1. The first-order valence-corrected chi connectivity index (χ1v) is 8.98. The maximum atomic E-state index is 4.71. The molecule has 1 atom stereocenters. The summed E-state index contributed by atoms with van der Waals surface area (Å²) in [5, 5.41) is 4.28.